The van der Waals surface area contributed by atoms with Gasteiger partial charge in [-0.2, -0.15) is 0 Å². The Hall–Kier alpha value is -4.39. The van der Waals surface area contributed by atoms with Gasteiger partial charge in [0.05, 0.1) is 17.1 Å². The van der Waals surface area contributed by atoms with Gasteiger partial charge in [-0.15, -0.1) is 0 Å². The van der Waals surface area contributed by atoms with E-state index in [2.05, 4.69) is 0 Å². The maximum absolute atomic E-state index is 13.1. The van der Waals surface area contributed by atoms with E-state index in [1.165, 1.54) is 0 Å². The van der Waals surface area contributed by atoms with Crippen molar-refractivity contribution in [2.24, 2.45) is 0 Å². The van der Waals surface area contributed by atoms with E-state index in [0.717, 1.165) is 11.4 Å². The molecule has 7 nitrogen and oxygen atoms in total. The Balaban J connectivity index is 1.63. The number of nitrogens with zero attached hydrogens (tertiary/aromatic N) is 3. The van der Waals surface area contributed by atoms with Crippen LogP contribution in [0.1, 0.15) is 30.6 Å². The summed E-state index contributed by atoms with van der Waals surface area (Å²) >= 11 is 0. The van der Waals surface area contributed by atoms with Crippen LogP contribution in [0.15, 0.2) is 78.9 Å². The van der Waals surface area contributed by atoms with Gasteiger partial charge in [-0.3, -0.25) is 4.57 Å². The highest BCUT2D eigenvalue weighted by atomic mass is 16.5. The van der Waals surface area contributed by atoms with E-state index in [4.69, 9.17) is 25.2 Å². The molecule has 170 valence electrons. The second-order valence-electron chi connectivity index (χ2n) is 8.01. The van der Waals surface area contributed by atoms with E-state index in [1.807, 2.05) is 92.7 Å². The normalized spacial score (nSPS) is 12.1. The number of fused-ring (bicyclic) bond motifs is 2. The van der Waals surface area contributed by atoms with Crippen molar-refractivity contribution >= 4 is 34.0 Å². The molecular formula is C27H24N4O3. The summed E-state index contributed by atoms with van der Waals surface area (Å²) in [7, 11) is 0. The molecule has 0 spiro atoms. The molecule has 0 aliphatic rings. The number of esters is 1. The molecular weight excluding hydrogens is 428 g/mol. The molecule has 2 aromatic heterocycles. The zero-order chi connectivity index (χ0) is 23.7. The summed E-state index contributed by atoms with van der Waals surface area (Å²) in [6.45, 7) is 3.80. The number of para-hydroxylation sites is 3. The molecule has 0 aliphatic carbocycles. The highest BCUT2D eigenvalue weighted by Gasteiger charge is 2.26. The summed E-state index contributed by atoms with van der Waals surface area (Å²) in [5, 5.41) is 0. The van der Waals surface area contributed by atoms with Gasteiger partial charge in [0, 0.05) is 5.69 Å². The number of ether oxygens (including phenoxy) is 2. The monoisotopic (exact) mass is 452 g/mol. The molecule has 5 rings (SSSR count). The second-order valence-corrected chi connectivity index (χ2v) is 8.01. The minimum atomic E-state index is -0.510. The third-order valence-electron chi connectivity index (χ3n) is 5.66. The number of nitrogens with two attached hydrogens (primary N) is 1. The van der Waals surface area contributed by atoms with Crippen molar-refractivity contribution in [3.8, 4) is 17.2 Å². The summed E-state index contributed by atoms with van der Waals surface area (Å²) < 4.78 is 13.2. The number of hydrogen-bond donors (Lipinski definition) is 1. The van der Waals surface area contributed by atoms with Gasteiger partial charge in [0.1, 0.15) is 28.4 Å². The van der Waals surface area contributed by atoms with Gasteiger partial charge in [0.15, 0.2) is 5.65 Å². The van der Waals surface area contributed by atoms with Crippen molar-refractivity contribution in [2.75, 3.05) is 5.73 Å². The highest BCUT2D eigenvalue weighted by Crippen LogP contribution is 2.33. The molecule has 3 aromatic carbocycles. The minimum Gasteiger partial charge on any atom is -0.459 e. The first-order valence-electron chi connectivity index (χ1n) is 11.2. The standard InChI is InChI=1S/C27H24N4O3/c1-3-17(2)33-27(32)23-24-26(30-22-12-8-7-11-21(22)29-24)31(25(23)28)18-13-15-20(16-14-18)34-19-9-5-4-6-10-19/h4-17H,3,28H2,1-2H3. The van der Waals surface area contributed by atoms with Crippen LogP contribution < -0.4 is 10.5 Å². The van der Waals surface area contributed by atoms with Gasteiger partial charge < -0.3 is 15.2 Å². The maximum atomic E-state index is 13.1. The summed E-state index contributed by atoms with van der Waals surface area (Å²) in [5.41, 5.74) is 9.78. The molecule has 0 fully saturated rings. The summed E-state index contributed by atoms with van der Waals surface area (Å²) in [6.07, 6.45) is 0.454. The molecule has 0 saturated heterocycles. The average molecular weight is 453 g/mol. The van der Waals surface area contributed by atoms with Gasteiger partial charge in [0.2, 0.25) is 0 Å². The number of nitrogen functional groups attached to an aromatic ring is 1. The van der Waals surface area contributed by atoms with Crippen molar-refractivity contribution < 1.29 is 14.3 Å². The van der Waals surface area contributed by atoms with Gasteiger partial charge in [-0.25, -0.2) is 14.8 Å². The summed E-state index contributed by atoms with van der Waals surface area (Å²) in [4.78, 5) is 22.6. The number of aromatic nitrogens is 3. The first-order chi connectivity index (χ1) is 16.5. The van der Waals surface area contributed by atoms with Crippen molar-refractivity contribution in [1.29, 1.82) is 0 Å². The zero-order valence-corrected chi connectivity index (χ0v) is 18.9. The van der Waals surface area contributed by atoms with Crippen molar-refractivity contribution in [2.45, 2.75) is 26.4 Å². The maximum Gasteiger partial charge on any atom is 0.344 e. The zero-order valence-electron chi connectivity index (χ0n) is 18.9. The van der Waals surface area contributed by atoms with E-state index in [1.54, 1.807) is 4.57 Å². The van der Waals surface area contributed by atoms with Gasteiger partial charge in [-0.1, -0.05) is 37.3 Å². The van der Waals surface area contributed by atoms with Gasteiger partial charge in [0.25, 0.3) is 0 Å². The Morgan fingerprint density at radius 2 is 1.53 bits per heavy atom. The van der Waals surface area contributed by atoms with Crippen LogP contribution in [0.3, 0.4) is 0 Å². The Morgan fingerprint density at radius 1 is 0.912 bits per heavy atom. The third kappa shape index (κ3) is 3.92. The van der Waals surface area contributed by atoms with Crippen molar-refractivity contribution in [3.05, 3.63) is 84.4 Å². The fourth-order valence-electron chi connectivity index (χ4n) is 3.74. The van der Waals surface area contributed by atoms with Crippen LogP contribution in [0.5, 0.6) is 11.5 Å². The Bertz CT molecular complexity index is 1480. The molecule has 2 N–H and O–H groups in total. The Labute approximate surface area is 196 Å². The van der Waals surface area contributed by atoms with Gasteiger partial charge in [-0.05, 0) is 61.9 Å². The first-order valence-corrected chi connectivity index (χ1v) is 11.2. The molecule has 0 radical (unpaired) electrons. The fraction of sp³-hybridized carbons (Fsp3) is 0.148. The van der Waals surface area contributed by atoms with Crippen LogP contribution in [0.4, 0.5) is 5.82 Å². The predicted octanol–water partition coefficient (Wildman–Crippen LogP) is 5.90. The van der Waals surface area contributed by atoms with E-state index < -0.39 is 5.97 Å². The number of anilines is 1. The molecule has 7 heteroatoms. The second kappa shape index (κ2) is 8.86. The number of carbonyl (C=O) groups excluding carboxylic acids is 1. The van der Waals surface area contributed by atoms with Gasteiger partial charge >= 0.3 is 5.97 Å². The molecule has 1 atom stereocenters. The number of hydrogen-bond acceptors (Lipinski definition) is 6. The lowest BCUT2D eigenvalue weighted by atomic mass is 10.2. The number of benzene rings is 3. The SMILES string of the molecule is CCC(C)OC(=O)c1c(N)n(-c2ccc(Oc3ccccc3)cc2)c2nc3ccccc3nc12. The Kier molecular flexibility index (Phi) is 5.59. The predicted molar refractivity (Wildman–Crippen MR) is 132 cm³/mol. The van der Waals surface area contributed by atoms with Crippen LogP contribution in [-0.4, -0.2) is 26.6 Å². The first kappa shape index (κ1) is 21.5. The van der Waals surface area contributed by atoms with Crippen LogP contribution >= 0.6 is 0 Å². The lowest BCUT2D eigenvalue weighted by Crippen LogP contribution is -2.15. The minimum absolute atomic E-state index is 0.221. The molecule has 0 saturated carbocycles. The van der Waals surface area contributed by atoms with Crippen molar-refractivity contribution in [3.63, 3.8) is 0 Å². The topological polar surface area (TPSA) is 92.3 Å². The van der Waals surface area contributed by atoms with E-state index >= 15 is 0 Å². The molecule has 0 amide bonds. The molecule has 34 heavy (non-hydrogen) atoms. The molecule has 2 heterocycles. The number of rotatable bonds is 6. The van der Waals surface area contributed by atoms with E-state index in [-0.39, 0.29) is 17.5 Å². The molecule has 1 unspecified atom stereocenters. The number of carbonyl (C=O) groups is 1. The lowest BCUT2D eigenvalue weighted by Gasteiger charge is -2.11. The molecule has 0 aliphatic heterocycles. The summed E-state index contributed by atoms with van der Waals surface area (Å²) in [5.74, 6) is 1.14. The van der Waals surface area contributed by atoms with E-state index in [0.29, 0.717) is 34.4 Å². The molecule has 5 aromatic rings. The highest BCUT2D eigenvalue weighted by molar-refractivity contribution is 6.09. The Morgan fingerprint density at radius 3 is 2.21 bits per heavy atom. The van der Waals surface area contributed by atoms with Crippen molar-refractivity contribution in [1.82, 2.24) is 14.5 Å². The van der Waals surface area contributed by atoms with Crippen LogP contribution in [0.2, 0.25) is 0 Å². The molecule has 0 bridgehead atoms. The van der Waals surface area contributed by atoms with Crippen LogP contribution in [0.25, 0.3) is 27.9 Å². The van der Waals surface area contributed by atoms with E-state index in [9.17, 15) is 4.79 Å². The quantitative estimate of drug-likeness (QED) is 0.322. The lowest BCUT2D eigenvalue weighted by molar-refractivity contribution is 0.0338. The summed E-state index contributed by atoms with van der Waals surface area (Å²) in [6, 6.07) is 24.5. The average Bonchev–Trinajstić information content (AvgIpc) is 3.14. The third-order valence-corrected chi connectivity index (χ3v) is 5.66. The fourth-order valence-corrected chi connectivity index (χ4v) is 3.74. The van der Waals surface area contributed by atoms with Crippen LogP contribution in [0, 0.1) is 0 Å². The smallest absolute Gasteiger partial charge is 0.344 e. The largest absolute Gasteiger partial charge is 0.459 e. The van der Waals surface area contributed by atoms with Crippen LogP contribution in [-0.2, 0) is 4.74 Å².